The van der Waals surface area contributed by atoms with Crippen LogP contribution < -0.4 is 16.0 Å². The molecule has 0 saturated heterocycles. The van der Waals surface area contributed by atoms with E-state index in [1.54, 1.807) is 7.05 Å². The van der Waals surface area contributed by atoms with Gasteiger partial charge < -0.3 is 16.0 Å². The smallest absolute Gasteiger partial charge is 0.251 e. The first-order valence-corrected chi connectivity index (χ1v) is 10.7. The number of hydrogen-bond donors (Lipinski definition) is 3. The molecular formula is C22H32N4OS. The van der Waals surface area contributed by atoms with E-state index in [4.69, 9.17) is 0 Å². The minimum atomic E-state index is -0.0110. The Balaban J connectivity index is 1.80. The van der Waals surface area contributed by atoms with Crippen molar-refractivity contribution in [2.75, 3.05) is 13.6 Å². The van der Waals surface area contributed by atoms with Crippen molar-refractivity contribution in [3.8, 4) is 0 Å². The van der Waals surface area contributed by atoms with Crippen LogP contribution in [0.1, 0.15) is 52.4 Å². The van der Waals surface area contributed by atoms with Crippen molar-refractivity contribution in [3.63, 3.8) is 0 Å². The van der Waals surface area contributed by atoms with E-state index in [0.29, 0.717) is 18.2 Å². The third-order valence-corrected chi connectivity index (χ3v) is 5.43. The van der Waals surface area contributed by atoms with Gasteiger partial charge in [0.25, 0.3) is 5.91 Å². The van der Waals surface area contributed by atoms with Gasteiger partial charge >= 0.3 is 0 Å². The minimum Gasteiger partial charge on any atom is -0.354 e. The second-order valence-corrected chi connectivity index (χ2v) is 8.37. The van der Waals surface area contributed by atoms with Gasteiger partial charge in [-0.15, -0.1) is 11.3 Å². The summed E-state index contributed by atoms with van der Waals surface area (Å²) in [7, 11) is 1.78. The summed E-state index contributed by atoms with van der Waals surface area (Å²) in [5, 5.41) is 9.71. The Hall–Kier alpha value is -2.34. The van der Waals surface area contributed by atoms with Crippen LogP contribution in [0.4, 0.5) is 0 Å². The zero-order valence-electron chi connectivity index (χ0n) is 17.3. The monoisotopic (exact) mass is 400 g/mol. The molecule has 0 saturated carbocycles. The van der Waals surface area contributed by atoms with Crippen LogP contribution >= 0.6 is 11.3 Å². The lowest BCUT2D eigenvalue weighted by atomic mass is 10.1. The average Bonchev–Trinajstić information content (AvgIpc) is 3.10. The summed E-state index contributed by atoms with van der Waals surface area (Å²) >= 11 is 1.84. The van der Waals surface area contributed by atoms with Crippen molar-refractivity contribution in [2.24, 2.45) is 4.99 Å². The number of carbonyl (C=O) groups is 1. The average molecular weight is 401 g/mol. The molecule has 0 aliphatic carbocycles. The minimum absolute atomic E-state index is 0.0110. The summed E-state index contributed by atoms with van der Waals surface area (Å²) in [6.45, 7) is 7.79. The Morgan fingerprint density at radius 1 is 1.14 bits per heavy atom. The molecule has 0 aliphatic rings. The summed E-state index contributed by atoms with van der Waals surface area (Å²) in [6, 6.07) is 12.3. The molecular weight excluding hydrogens is 368 g/mol. The number of thiophene rings is 1. The molecule has 3 N–H and O–H groups in total. The molecule has 0 aliphatic heterocycles. The first kappa shape index (κ1) is 22.0. The van der Waals surface area contributed by atoms with Gasteiger partial charge in [-0.25, -0.2) is 0 Å². The van der Waals surface area contributed by atoms with Crippen molar-refractivity contribution in [2.45, 2.75) is 52.6 Å². The summed E-state index contributed by atoms with van der Waals surface area (Å²) < 4.78 is 0. The molecule has 1 heterocycles. The normalized spacial score (nSPS) is 12.5. The molecule has 2 rings (SSSR count). The van der Waals surface area contributed by atoms with Gasteiger partial charge in [0.1, 0.15) is 0 Å². The standard InChI is InChI=1S/C22H32N4OS/c1-5-6-13-24-21(27)19-10-8-18(9-11-19)15-25-22(23-4)26-16(2)14-20-12-7-17(3)28-20/h7-12,16H,5-6,13-15H2,1-4H3,(H,24,27)(H2,23,25,26). The Kier molecular flexibility index (Phi) is 9.01. The van der Waals surface area contributed by atoms with Crippen LogP contribution in [0.5, 0.6) is 0 Å². The quantitative estimate of drug-likeness (QED) is 0.340. The van der Waals surface area contributed by atoms with Crippen LogP contribution in [-0.4, -0.2) is 31.5 Å². The molecule has 0 fully saturated rings. The molecule has 1 atom stereocenters. The number of hydrogen-bond acceptors (Lipinski definition) is 3. The van der Waals surface area contributed by atoms with Crippen LogP contribution in [-0.2, 0) is 13.0 Å². The highest BCUT2D eigenvalue weighted by atomic mass is 32.1. The Bertz CT molecular complexity index is 767. The molecule has 1 aromatic heterocycles. The van der Waals surface area contributed by atoms with Crippen LogP contribution in [0.2, 0.25) is 0 Å². The van der Waals surface area contributed by atoms with E-state index in [9.17, 15) is 4.79 Å². The number of amides is 1. The van der Waals surface area contributed by atoms with Crippen LogP contribution in [0, 0.1) is 6.92 Å². The lowest BCUT2D eigenvalue weighted by molar-refractivity contribution is 0.0953. The summed E-state index contributed by atoms with van der Waals surface area (Å²) in [5.41, 5.74) is 1.80. The van der Waals surface area contributed by atoms with Crippen LogP contribution in [0.15, 0.2) is 41.4 Å². The van der Waals surface area contributed by atoms with Gasteiger partial charge in [0, 0.05) is 47.9 Å². The zero-order chi connectivity index (χ0) is 20.4. The highest BCUT2D eigenvalue weighted by molar-refractivity contribution is 7.11. The highest BCUT2D eigenvalue weighted by Gasteiger charge is 2.08. The fraction of sp³-hybridized carbons (Fsp3) is 0.455. The zero-order valence-corrected chi connectivity index (χ0v) is 18.2. The van der Waals surface area contributed by atoms with E-state index in [1.165, 1.54) is 9.75 Å². The first-order chi connectivity index (χ1) is 13.5. The number of nitrogens with one attached hydrogen (secondary N) is 3. The number of guanidine groups is 1. The number of benzene rings is 1. The number of rotatable bonds is 9. The maximum atomic E-state index is 12.1. The third kappa shape index (κ3) is 7.35. The summed E-state index contributed by atoms with van der Waals surface area (Å²) in [4.78, 5) is 19.1. The van der Waals surface area contributed by atoms with Crippen molar-refractivity contribution in [1.29, 1.82) is 0 Å². The van der Waals surface area contributed by atoms with Gasteiger partial charge in [-0.2, -0.15) is 0 Å². The maximum absolute atomic E-state index is 12.1. The molecule has 1 amide bonds. The third-order valence-electron chi connectivity index (χ3n) is 4.40. The number of aryl methyl sites for hydroxylation is 1. The molecule has 1 aromatic carbocycles. The molecule has 6 heteroatoms. The molecule has 1 unspecified atom stereocenters. The van der Waals surface area contributed by atoms with Gasteiger partial charge in [-0.1, -0.05) is 25.5 Å². The fourth-order valence-corrected chi connectivity index (χ4v) is 3.84. The van der Waals surface area contributed by atoms with E-state index in [0.717, 1.165) is 37.3 Å². The van der Waals surface area contributed by atoms with Gasteiger partial charge in [-0.3, -0.25) is 9.79 Å². The topological polar surface area (TPSA) is 65.5 Å². The number of nitrogens with zero attached hydrogens (tertiary/aromatic N) is 1. The van der Waals surface area contributed by atoms with Crippen molar-refractivity contribution >= 4 is 23.2 Å². The van der Waals surface area contributed by atoms with Crippen molar-refractivity contribution < 1.29 is 4.79 Å². The summed E-state index contributed by atoms with van der Waals surface area (Å²) in [5.74, 6) is 0.769. The number of carbonyl (C=O) groups excluding carboxylic acids is 1. The Morgan fingerprint density at radius 2 is 1.89 bits per heavy atom. The number of aliphatic imine (C=N–C) groups is 1. The van der Waals surface area contributed by atoms with Gasteiger partial charge in [0.2, 0.25) is 0 Å². The lowest BCUT2D eigenvalue weighted by Crippen LogP contribution is -2.42. The maximum Gasteiger partial charge on any atom is 0.251 e. The predicted molar refractivity (Wildman–Crippen MR) is 119 cm³/mol. The Labute approximate surface area is 172 Å². The Morgan fingerprint density at radius 3 is 2.50 bits per heavy atom. The van der Waals surface area contributed by atoms with Gasteiger partial charge in [0.05, 0.1) is 0 Å². The van der Waals surface area contributed by atoms with Crippen LogP contribution in [0.3, 0.4) is 0 Å². The molecule has 28 heavy (non-hydrogen) atoms. The summed E-state index contributed by atoms with van der Waals surface area (Å²) in [6.07, 6.45) is 3.05. The van der Waals surface area contributed by atoms with Crippen molar-refractivity contribution in [3.05, 3.63) is 57.3 Å². The van der Waals surface area contributed by atoms with Crippen molar-refractivity contribution in [1.82, 2.24) is 16.0 Å². The lowest BCUT2D eigenvalue weighted by Gasteiger charge is -2.17. The predicted octanol–water partition coefficient (Wildman–Crippen LogP) is 3.88. The molecule has 5 nitrogen and oxygen atoms in total. The molecule has 0 spiro atoms. The highest BCUT2D eigenvalue weighted by Crippen LogP contribution is 2.16. The van der Waals surface area contributed by atoms with E-state index < -0.39 is 0 Å². The molecule has 0 bridgehead atoms. The van der Waals surface area contributed by atoms with E-state index in [-0.39, 0.29) is 5.91 Å². The van der Waals surface area contributed by atoms with Gasteiger partial charge in [-0.05, 0) is 50.1 Å². The van der Waals surface area contributed by atoms with E-state index in [1.807, 2.05) is 35.6 Å². The van der Waals surface area contributed by atoms with E-state index in [2.05, 4.69) is 53.8 Å². The van der Waals surface area contributed by atoms with Gasteiger partial charge in [0.15, 0.2) is 5.96 Å². The molecule has 2 aromatic rings. The molecule has 0 radical (unpaired) electrons. The second kappa shape index (κ2) is 11.5. The second-order valence-electron chi connectivity index (χ2n) is 6.99. The number of unbranched alkanes of at least 4 members (excludes halogenated alkanes) is 1. The first-order valence-electron chi connectivity index (χ1n) is 9.91. The van der Waals surface area contributed by atoms with Crippen LogP contribution in [0.25, 0.3) is 0 Å². The molecule has 152 valence electrons. The fourth-order valence-electron chi connectivity index (χ4n) is 2.82. The van der Waals surface area contributed by atoms with E-state index >= 15 is 0 Å². The SMILES string of the molecule is CCCCNC(=O)c1ccc(CNC(=NC)NC(C)Cc2ccc(C)s2)cc1. The largest absolute Gasteiger partial charge is 0.354 e.